The Bertz CT molecular complexity index is 915. The number of carbonyl (C=O) groups excluding carboxylic acids is 1. The fourth-order valence-corrected chi connectivity index (χ4v) is 5.03. The molecule has 3 rings (SSSR count). The molecule has 0 bridgehead atoms. The molecule has 0 spiro atoms. The summed E-state index contributed by atoms with van der Waals surface area (Å²) in [6, 6.07) is 14.4. The quantitative estimate of drug-likeness (QED) is 0.719. The molecule has 1 N–H and O–H groups in total. The average Bonchev–Trinajstić information content (AvgIpc) is 3.28. The second-order valence-corrected chi connectivity index (χ2v) is 9.09. The SMILES string of the molecule is CCN(CC)S(=O)(=O)c1ccc(C(=O)NCc2ccc(N3CCCC3)cc2)cc1. The van der Waals surface area contributed by atoms with E-state index in [-0.39, 0.29) is 10.8 Å². The zero-order chi connectivity index (χ0) is 20.9. The van der Waals surface area contributed by atoms with Crippen LogP contribution < -0.4 is 10.2 Å². The van der Waals surface area contributed by atoms with Gasteiger partial charge in [-0.2, -0.15) is 4.31 Å². The maximum absolute atomic E-state index is 12.5. The molecule has 1 saturated heterocycles. The van der Waals surface area contributed by atoms with Crippen LogP contribution in [0.2, 0.25) is 0 Å². The summed E-state index contributed by atoms with van der Waals surface area (Å²) in [6.45, 7) is 7.08. The van der Waals surface area contributed by atoms with Crippen LogP contribution in [0.4, 0.5) is 5.69 Å². The first kappa shape index (κ1) is 21.3. The normalized spacial score (nSPS) is 14.4. The van der Waals surface area contributed by atoms with Crippen molar-refractivity contribution in [1.82, 2.24) is 9.62 Å². The maximum Gasteiger partial charge on any atom is 0.251 e. The van der Waals surface area contributed by atoms with E-state index in [1.807, 2.05) is 12.1 Å². The van der Waals surface area contributed by atoms with Crippen LogP contribution >= 0.6 is 0 Å². The van der Waals surface area contributed by atoms with E-state index in [9.17, 15) is 13.2 Å². The highest BCUT2D eigenvalue weighted by molar-refractivity contribution is 7.89. The molecule has 1 aliphatic heterocycles. The van der Waals surface area contributed by atoms with Gasteiger partial charge >= 0.3 is 0 Å². The summed E-state index contributed by atoms with van der Waals surface area (Å²) in [4.78, 5) is 15.0. The highest BCUT2D eigenvalue weighted by atomic mass is 32.2. The molecular weight excluding hydrogens is 386 g/mol. The number of carbonyl (C=O) groups is 1. The van der Waals surface area contributed by atoms with Gasteiger partial charge in [-0.25, -0.2) is 8.42 Å². The van der Waals surface area contributed by atoms with Crippen molar-refractivity contribution in [2.75, 3.05) is 31.1 Å². The van der Waals surface area contributed by atoms with E-state index in [0.717, 1.165) is 18.7 Å². The minimum absolute atomic E-state index is 0.204. The summed E-state index contributed by atoms with van der Waals surface area (Å²) < 4.78 is 26.5. The summed E-state index contributed by atoms with van der Waals surface area (Å²) in [5, 5.41) is 2.90. The van der Waals surface area contributed by atoms with E-state index in [1.165, 1.54) is 35.0 Å². The fourth-order valence-electron chi connectivity index (χ4n) is 3.58. The highest BCUT2D eigenvalue weighted by Gasteiger charge is 2.21. The van der Waals surface area contributed by atoms with E-state index < -0.39 is 10.0 Å². The van der Waals surface area contributed by atoms with Crippen LogP contribution in [0.1, 0.15) is 42.6 Å². The summed E-state index contributed by atoms with van der Waals surface area (Å²) >= 11 is 0. The second-order valence-electron chi connectivity index (χ2n) is 7.16. The minimum Gasteiger partial charge on any atom is -0.372 e. The summed E-state index contributed by atoms with van der Waals surface area (Å²) in [5.41, 5.74) is 2.70. The van der Waals surface area contributed by atoms with Crippen molar-refractivity contribution in [3.05, 3.63) is 59.7 Å². The van der Waals surface area contributed by atoms with E-state index in [1.54, 1.807) is 26.0 Å². The van der Waals surface area contributed by atoms with Crippen LogP contribution in [0.3, 0.4) is 0 Å². The lowest BCUT2D eigenvalue weighted by Crippen LogP contribution is -2.30. The zero-order valence-electron chi connectivity index (χ0n) is 17.1. The lowest BCUT2D eigenvalue weighted by atomic mass is 10.1. The lowest BCUT2D eigenvalue weighted by Gasteiger charge is -2.18. The van der Waals surface area contributed by atoms with Crippen molar-refractivity contribution in [1.29, 1.82) is 0 Å². The standard InChI is InChI=1S/C22H29N3O3S/c1-3-25(4-2)29(27,28)21-13-9-19(10-14-21)22(26)23-17-18-7-11-20(12-8-18)24-15-5-6-16-24/h7-14H,3-6,15-17H2,1-2H3,(H,23,26). The van der Waals surface area contributed by atoms with Crippen molar-refractivity contribution in [2.45, 2.75) is 38.1 Å². The highest BCUT2D eigenvalue weighted by Crippen LogP contribution is 2.20. The third-order valence-electron chi connectivity index (χ3n) is 5.32. The molecule has 1 aliphatic rings. The summed E-state index contributed by atoms with van der Waals surface area (Å²) in [6.07, 6.45) is 2.49. The Morgan fingerprint density at radius 2 is 1.55 bits per heavy atom. The first-order valence-electron chi connectivity index (χ1n) is 10.2. The van der Waals surface area contributed by atoms with Gasteiger partial charge in [0.05, 0.1) is 4.90 Å². The van der Waals surface area contributed by atoms with Crippen LogP contribution in [0.15, 0.2) is 53.4 Å². The van der Waals surface area contributed by atoms with Crippen LogP contribution in [0.25, 0.3) is 0 Å². The summed E-state index contributed by atoms with van der Waals surface area (Å²) in [7, 11) is -3.51. The zero-order valence-corrected chi connectivity index (χ0v) is 17.9. The van der Waals surface area contributed by atoms with Crippen LogP contribution in [-0.2, 0) is 16.6 Å². The number of amides is 1. The Balaban J connectivity index is 1.59. The average molecular weight is 416 g/mol. The molecule has 1 fully saturated rings. The molecule has 0 atom stereocenters. The van der Waals surface area contributed by atoms with E-state index in [2.05, 4.69) is 22.3 Å². The Hall–Kier alpha value is -2.38. The number of sulfonamides is 1. The van der Waals surface area contributed by atoms with Gasteiger partial charge in [-0.3, -0.25) is 4.79 Å². The lowest BCUT2D eigenvalue weighted by molar-refractivity contribution is 0.0951. The minimum atomic E-state index is -3.51. The number of nitrogens with one attached hydrogen (secondary N) is 1. The van der Waals surface area contributed by atoms with Crippen molar-refractivity contribution < 1.29 is 13.2 Å². The Labute approximate surface area is 173 Å². The molecule has 0 unspecified atom stereocenters. The van der Waals surface area contributed by atoms with Gasteiger partial charge in [-0.05, 0) is 54.8 Å². The fraction of sp³-hybridized carbons (Fsp3) is 0.409. The van der Waals surface area contributed by atoms with Gasteiger partial charge in [-0.1, -0.05) is 26.0 Å². The molecule has 2 aromatic carbocycles. The van der Waals surface area contributed by atoms with Crippen LogP contribution in [0.5, 0.6) is 0 Å². The van der Waals surface area contributed by atoms with Crippen molar-refractivity contribution in [3.63, 3.8) is 0 Å². The molecule has 156 valence electrons. The van der Waals surface area contributed by atoms with Gasteiger partial charge in [0.2, 0.25) is 10.0 Å². The third kappa shape index (κ3) is 4.97. The molecular formula is C22H29N3O3S. The Morgan fingerprint density at radius 1 is 0.966 bits per heavy atom. The van der Waals surface area contributed by atoms with Gasteiger partial charge in [0.25, 0.3) is 5.91 Å². The molecule has 0 aromatic heterocycles. The first-order chi connectivity index (χ1) is 14.0. The molecule has 0 radical (unpaired) electrons. The Morgan fingerprint density at radius 3 is 2.10 bits per heavy atom. The molecule has 0 aliphatic carbocycles. The number of hydrogen-bond acceptors (Lipinski definition) is 4. The van der Waals surface area contributed by atoms with Crippen LogP contribution in [-0.4, -0.2) is 44.8 Å². The molecule has 1 amide bonds. The van der Waals surface area contributed by atoms with Gasteiger partial charge in [0.15, 0.2) is 0 Å². The van der Waals surface area contributed by atoms with Gasteiger partial charge in [0.1, 0.15) is 0 Å². The van der Waals surface area contributed by atoms with Gasteiger partial charge < -0.3 is 10.2 Å². The Kier molecular flexibility index (Phi) is 6.92. The largest absolute Gasteiger partial charge is 0.372 e. The predicted molar refractivity (Wildman–Crippen MR) is 116 cm³/mol. The molecule has 6 nitrogen and oxygen atoms in total. The number of nitrogens with zero attached hydrogens (tertiary/aromatic N) is 2. The van der Waals surface area contributed by atoms with Gasteiger partial charge in [0, 0.05) is 44.0 Å². The molecule has 0 saturated carbocycles. The number of hydrogen-bond donors (Lipinski definition) is 1. The second kappa shape index (κ2) is 9.41. The van der Waals surface area contributed by atoms with Gasteiger partial charge in [-0.15, -0.1) is 0 Å². The molecule has 1 heterocycles. The van der Waals surface area contributed by atoms with Crippen molar-refractivity contribution in [2.24, 2.45) is 0 Å². The number of rotatable bonds is 8. The molecule has 7 heteroatoms. The number of benzene rings is 2. The molecule has 29 heavy (non-hydrogen) atoms. The third-order valence-corrected chi connectivity index (χ3v) is 7.38. The van der Waals surface area contributed by atoms with Crippen molar-refractivity contribution >= 4 is 21.6 Å². The van der Waals surface area contributed by atoms with Crippen LogP contribution in [0, 0.1) is 0 Å². The summed E-state index contributed by atoms with van der Waals surface area (Å²) in [5.74, 6) is -0.222. The predicted octanol–water partition coefficient (Wildman–Crippen LogP) is 3.25. The monoisotopic (exact) mass is 415 g/mol. The maximum atomic E-state index is 12.5. The van der Waals surface area contributed by atoms with E-state index >= 15 is 0 Å². The smallest absolute Gasteiger partial charge is 0.251 e. The first-order valence-corrected chi connectivity index (χ1v) is 11.6. The van der Waals surface area contributed by atoms with E-state index in [4.69, 9.17) is 0 Å². The topological polar surface area (TPSA) is 69.7 Å². The molecule has 2 aromatic rings. The van der Waals surface area contributed by atoms with E-state index in [0.29, 0.717) is 25.2 Å². The van der Waals surface area contributed by atoms with Crippen molar-refractivity contribution in [3.8, 4) is 0 Å². The number of anilines is 1.